The zero-order chi connectivity index (χ0) is 22.6. The molecule has 1 amide bonds. The van der Waals surface area contributed by atoms with Crippen molar-refractivity contribution in [1.82, 2.24) is 10.0 Å². The van der Waals surface area contributed by atoms with Crippen LogP contribution in [0.25, 0.3) is 0 Å². The van der Waals surface area contributed by atoms with Crippen molar-refractivity contribution >= 4 is 15.9 Å². The second-order valence-electron chi connectivity index (χ2n) is 11.2. The van der Waals surface area contributed by atoms with Gasteiger partial charge in [0.2, 0.25) is 10.0 Å². The number of methoxy groups -OCH3 is 1. The number of amides is 1. The Kier molecular flexibility index (Phi) is 5.66. The minimum atomic E-state index is -3.84. The Hall–Kier alpha value is -1.60. The van der Waals surface area contributed by atoms with Gasteiger partial charge in [-0.05, 0) is 108 Å². The molecular weight excluding hydrogens is 412 g/mol. The fourth-order valence-corrected chi connectivity index (χ4v) is 8.24. The van der Waals surface area contributed by atoms with Gasteiger partial charge in [0.15, 0.2) is 0 Å². The van der Waals surface area contributed by atoms with E-state index in [9.17, 15) is 13.2 Å². The molecule has 0 saturated heterocycles. The molecule has 31 heavy (non-hydrogen) atoms. The molecule has 0 unspecified atom stereocenters. The lowest BCUT2D eigenvalue weighted by molar-refractivity contribution is -0.0688. The van der Waals surface area contributed by atoms with E-state index < -0.39 is 15.6 Å². The number of rotatable bonds is 6. The van der Waals surface area contributed by atoms with Gasteiger partial charge in [-0.3, -0.25) is 4.79 Å². The van der Waals surface area contributed by atoms with Crippen LogP contribution < -0.4 is 14.8 Å². The van der Waals surface area contributed by atoms with Gasteiger partial charge in [0.05, 0.1) is 7.11 Å². The molecule has 1 aromatic rings. The molecule has 0 aromatic heterocycles. The maximum absolute atomic E-state index is 13.1. The number of carbonyl (C=O) groups excluding carboxylic acids is 1. The fourth-order valence-electron chi connectivity index (χ4n) is 6.63. The van der Waals surface area contributed by atoms with Gasteiger partial charge >= 0.3 is 0 Å². The molecule has 1 aromatic carbocycles. The summed E-state index contributed by atoms with van der Waals surface area (Å²) in [5, 5.41) is 3.22. The number of sulfonamides is 1. The number of carbonyl (C=O) groups is 1. The van der Waals surface area contributed by atoms with Crippen LogP contribution in [0.4, 0.5) is 0 Å². The highest BCUT2D eigenvalue weighted by Gasteiger charge is 2.53. The zero-order valence-electron chi connectivity index (χ0n) is 19.3. The van der Waals surface area contributed by atoms with Gasteiger partial charge in [0.25, 0.3) is 5.91 Å². The van der Waals surface area contributed by atoms with E-state index in [1.54, 1.807) is 32.9 Å². The summed E-state index contributed by atoms with van der Waals surface area (Å²) in [6.45, 7) is 7.47. The molecular formula is C24H36N2O4S. The molecule has 4 bridgehead atoms. The van der Waals surface area contributed by atoms with Crippen LogP contribution in [0.5, 0.6) is 5.75 Å². The first-order valence-electron chi connectivity index (χ1n) is 11.4. The third kappa shape index (κ3) is 4.49. The summed E-state index contributed by atoms with van der Waals surface area (Å²) in [7, 11) is -2.41. The van der Waals surface area contributed by atoms with Crippen molar-refractivity contribution in [3.63, 3.8) is 0 Å². The third-order valence-corrected chi connectivity index (χ3v) is 9.29. The number of hydrogen-bond acceptors (Lipinski definition) is 4. The molecule has 172 valence electrons. The minimum absolute atomic E-state index is 0.0139. The molecule has 4 aliphatic rings. The van der Waals surface area contributed by atoms with Crippen LogP contribution in [0.1, 0.15) is 76.6 Å². The van der Waals surface area contributed by atoms with Crippen LogP contribution in [0.15, 0.2) is 23.1 Å². The highest BCUT2D eigenvalue weighted by molar-refractivity contribution is 7.89. The predicted octanol–water partition coefficient (Wildman–Crippen LogP) is 4.11. The van der Waals surface area contributed by atoms with Gasteiger partial charge in [-0.25, -0.2) is 13.1 Å². The summed E-state index contributed by atoms with van der Waals surface area (Å²) < 4.78 is 33.8. The number of hydrogen-bond donors (Lipinski definition) is 2. The summed E-state index contributed by atoms with van der Waals surface area (Å²) in [5.41, 5.74) is -0.110. The lowest BCUT2D eigenvalue weighted by atomic mass is 9.48. The predicted molar refractivity (Wildman–Crippen MR) is 121 cm³/mol. The van der Waals surface area contributed by atoms with Crippen LogP contribution in [0.3, 0.4) is 0 Å². The van der Waals surface area contributed by atoms with Gasteiger partial charge in [0, 0.05) is 17.1 Å². The van der Waals surface area contributed by atoms with Crippen molar-refractivity contribution < 1.29 is 17.9 Å². The Balaban J connectivity index is 1.55. The van der Waals surface area contributed by atoms with E-state index in [-0.39, 0.29) is 28.0 Å². The highest BCUT2D eigenvalue weighted by atomic mass is 32.2. The highest BCUT2D eigenvalue weighted by Crippen LogP contribution is 2.61. The normalized spacial score (nSPS) is 30.8. The van der Waals surface area contributed by atoms with Crippen LogP contribution in [-0.2, 0) is 10.0 Å². The second kappa shape index (κ2) is 7.77. The van der Waals surface area contributed by atoms with Gasteiger partial charge in [-0.2, -0.15) is 0 Å². The minimum Gasteiger partial charge on any atom is -0.495 e. The van der Waals surface area contributed by atoms with E-state index in [0.717, 1.165) is 17.8 Å². The molecule has 2 N–H and O–H groups in total. The number of ether oxygens (including phenoxy) is 1. The molecule has 4 fully saturated rings. The second-order valence-corrected chi connectivity index (χ2v) is 12.8. The average molecular weight is 449 g/mol. The van der Waals surface area contributed by atoms with Crippen molar-refractivity contribution in [2.75, 3.05) is 7.11 Å². The molecule has 1 atom stereocenters. The van der Waals surface area contributed by atoms with Crippen LogP contribution in [0, 0.1) is 23.2 Å². The summed E-state index contributed by atoms with van der Waals surface area (Å²) >= 11 is 0. The van der Waals surface area contributed by atoms with Gasteiger partial charge in [-0.15, -0.1) is 0 Å². The first kappa shape index (κ1) is 22.6. The van der Waals surface area contributed by atoms with Crippen molar-refractivity contribution in [1.29, 1.82) is 0 Å². The maximum atomic E-state index is 13.1. The fraction of sp³-hybridized carbons (Fsp3) is 0.708. The van der Waals surface area contributed by atoms with Crippen LogP contribution >= 0.6 is 0 Å². The quantitative estimate of drug-likeness (QED) is 0.686. The van der Waals surface area contributed by atoms with Gasteiger partial charge < -0.3 is 10.1 Å². The standard InChI is InChI=1S/C24H36N2O4S/c1-15(24-12-16-8-17(13-24)10-18(9-16)14-24)25-22(27)19-6-7-20(30-5)21(11-19)31(28,29)26-23(2,3)4/h6-7,11,15-18,26H,8-10,12-14H2,1-5H3,(H,25,27)/t15-,16?,17?,18?,24?/m1/s1. The molecule has 4 saturated carbocycles. The van der Waals surface area contributed by atoms with E-state index in [4.69, 9.17) is 4.74 Å². The van der Waals surface area contributed by atoms with E-state index in [1.165, 1.54) is 51.7 Å². The third-order valence-electron chi connectivity index (χ3n) is 7.51. The molecule has 6 nitrogen and oxygen atoms in total. The molecule has 0 aliphatic heterocycles. The number of nitrogens with one attached hydrogen (secondary N) is 2. The summed E-state index contributed by atoms with van der Waals surface area (Å²) in [6.07, 6.45) is 7.70. The van der Waals surface area contributed by atoms with E-state index in [1.807, 2.05) is 0 Å². The summed E-state index contributed by atoms with van der Waals surface area (Å²) in [5.74, 6) is 2.44. The Morgan fingerprint density at radius 2 is 1.65 bits per heavy atom. The Morgan fingerprint density at radius 1 is 1.10 bits per heavy atom. The molecule has 7 heteroatoms. The molecule has 0 radical (unpaired) electrons. The van der Waals surface area contributed by atoms with Crippen LogP contribution in [-0.4, -0.2) is 33.0 Å². The number of benzene rings is 1. The van der Waals surface area contributed by atoms with Crippen molar-refractivity contribution in [2.45, 2.75) is 82.7 Å². The van der Waals surface area contributed by atoms with Crippen molar-refractivity contribution in [2.24, 2.45) is 23.2 Å². The van der Waals surface area contributed by atoms with E-state index >= 15 is 0 Å². The Morgan fingerprint density at radius 3 is 2.13 bits per heavy atom. The first-order valence-corrected chi connectivity index (χ1v) is 12.9. The van der Waals surface area contributed by atoms with Crippen molar-refractivity contribution in [3.8, 4) is 5.75 Å². The van der Waals surface area contributed by atoms with E-state index in [0.29, 0.717) is 5.56 Å². The monoisotopic (exact) mass is 448 g/mol. The lowest BCUT2D eigenvalue weighted by Crippen LogP contribution is -2.55. The van der Waals surface area contributed by atoms with Gasteiger partial charge in [-0.1, -0.05) is 0 Å². The zero-order valence-corrected chi connectivity index (χ0v) is 20.1. The first-order chi connectivity index (χ1) is 14.4. The van der Waals surface area contributed by atoms with Crippen molar-refractivity contribution in [3.05, 3.63) is 23.8 Å². The molecule has 0 spiro atoms. The molecule has 5 rings (SSSR count). The van der Waals surface area contributed by atoms with Crippen LogP contribution in [0.2, 0.25) is 0 Å². The lowest BCUT2D eigenvalue weighted by Gasteiger charge is -2.59. The maximum Gasteiger partial charge on any atom is 0.251 e. The summed E-state index contributed by atoms with van der Waals surface area (Å²) in [4.78, 5) is 13.1. The molecule has 0 heterocycles. The SMILES string of the molecule is COc1ccc(C(=O)N[C@H](C)C23CC4CC(CC(C4)C2)C3)cc1S(=O)(=O)NC(C)(C)C. The summed E-state index contributed by atoms with van der Waals surface area (Å²) in [6, 6.07) is 4.69. The van der Waals surface area contributed by atoms with Gasteiger partial charge in [0.1, 0.15) is 10.6 Å². The smallest absolute Gasteiger partial charge is 0.251 e. The Labute approximate surface area is 186 Å². The largest absolute Gasteiger partial charge is 0.495 e. The molecule has 4 aliphatic carbocycles. The van der Waals surface area contributed by atoms with E-state index in [2.05, 4.69) is 17.0 Å². The average Bonchev–Trinajstić information content (AvgIpc) is 2.64. The Bertz CT molecular complexity index is 929. The topological polar surface area (TPSA) is 84.5 Å².